The molecule has 0 bridgehead atoms. The summed E-state index contributed by atoms with van der Waals surface area (Å²) < 4.78 is 1.90. The van der Waals surface area contributed by atoms with E-state index in [0.717, 1.165) is 35.4 Å². The van der Waals surface area contributed by atoms with Gasteiger partial charge in [-0.3, -0.25) is 4.68 Å². The molecule has 7 heteroatoms. The molecule has 7 nitrogen and oxygen atoms in total. The molecule has 0 saturated carbocycles. The molecule has 3 unspecified atom stereocenters. The van der Waals surface area contributed by atoms with Crippen LogP contribution in [0.4, 0.5) is 0 Å². The van der Waals surface area contributed by atoms with Gasteiger partial charge in [-0.25, -0.2) is 9.97 Å². The van der Waals surface area contributed by atoms with Crippen molar-refractivity contribution in [2.45, 2.75) is 12.5 Å². The van der Waals surface area contributed by atoms with Gasteiger partial charge in [-0.2, -0.15) is 10.4 Å². The second-order valence-corrected chi connectivity index (χ2v) is 6.18. The van der Waals surface area contributed by atoms with E-state index >= 15 is 0 Å². The molecule has 3 aromatic rings. The fraction of sp³-hybridized carbons (Fsp3) is 0.353. The van der Waals surface area contributed by atoms with Gasteiger partial charge in [-0.05, 0) is 31.4 Å². The highest BCUT2D eigenvalue weighted by molar-refractivity contribution is 5.89. The number of aromatic nitrogens is 5. The van der Waals surface area contributed by atoms with Gasteiger partial charge < -0.3 is 10.3 Å². The first-order valence-corrected chi connectivity index (χ1v) is 8.01. The number of nitrogens with one attached hydrogen (secondary N) is 2. The fourth-order valence-electron chi connectivity index (χ4n) is 3.48. The largest absolute Gasteiger partial charge is 0.346 e. The number of fused-ring (bicyclic) bond motifs is 1. The quantitative estimate of drug-likeness (QED) is 0.766. The summed E-state index contributed by atoms with van der Waals surface area (Å²) in [6, 6.07) is 4.27. The molecule has 4 rings (SSSR count). The molecule has 1 aliphatic rings. The van der Waals surface area contributed by atoms with Gasteiger partial charge in [0.15, 0.2) is 0 Å². The zero-order valence-electron chi connectivity index (χ0n) is 13.2. The van der Waals surface area contributed by atoms with Crippen molar-refractivity contribution in [3.05, 3.63) is 37.9 Å². The SMILES string of the molecule is [CH2]C1CNCC1C(CC#N)n1cc(-c2ncnc3[nH]ccc23)cn1. The van der Waals surface area contributed by atoms with E-state index in [1.165, 1.54) is 0 Å². The van der Waals surface area contributed by atoms with E-state index in [2.05, 4.69) is 38.4 Å². The maximum Gasteiger partial charge on any atom is 0.141 e. The van der Waals surface area contributed by atoms with Crippen molar-refractivity contribution < 1.29 is 0 Å². The monoisotopic (exact) mass is 320 g/mol. The van der Waals surface area contributed by atoms with Crippen LogP contribution >= 0.6 is 0 Å². The van der Waals surface area contributed by atoms with Gasteiger partial charge in [0.2, 0.25) is 0 Å². The molecule has 0 spiro atoms. The van der Waals surface area contributed by atoms with Crippen LogP contribution in [0, 0.1) is 30.1 Å². The van der Waals surface area contributed by atoms with E-state index in [4.69, 9.17) is 0 Å². The highest BCUT2D eigenvalue weighted by Gasteiger charge is 2.32. The first kappa shape index (κ1) is 14.8. The van der Waals surface area contributed by atoms with E-state index in [9.17, 15) is 5.26 Å². The maximum atomic E-state index is 9.23. The predicted molar refractivity (Wildman–Crippen MR) is 89.6 cm³/mol. The van der Waals surface area contributed by atoms with Gasteiger partial charge >= 0.3 is 0 Å². The van der Waals surface area contributed by atoms with E-state index in [1.54, 1.807) is 12.5 Å². The lowest BCUT2D eigenvalue weighted by Gasteiger charge is -2.24. The van der Waals surface area contributed by atoms with Crippen LogP contribution in [0.1, 0.15) is 12.5 Å². The Morgan fingerprint density at radius 1 is 1.42 bits per heavy atom. The van der Waals surface area contributed by atoms with Crippen molar-refractivity contribution >= 4 is 11.0 Å². The molecule has 4 heterocycles. The van der Waals surface area contributed by atoms with Crippen LogP contribution in [0.15, 0.2) is 31.0 Å². The van der Waals surface area contributed by atoms with E-state index < -0.39 is 0 Å². The van der Waals surface area contributed by atoms with Crippen LogP contribution in [0.25, 0.3) is 22.3 Å². The summed E-state index contributed by atoms with van der Waals surface area (Å²) in [5.41, 5.74) is 2.58. The van der Waals surface area contributed by atoms with Crippen LogP contribution in [-0.4, -0.2) is 37.8 Å². The average molecular weight is 320 g/mol. The number of hydrogen-bond acceptors (Lipinski definition) is 5. The molecular weight excluding hydrogens is 302 g/mol. The second kappa shape index (κ2) is 6.06. The van der Waals surface area contributed by atoms with Crippen LogP contribution in [0.3, 0.4) is 0 Å². The molecule has 3 atom stereocenters. The smallest absolute Gasteiger partial charge is 0.141 e. The third-order valence-corrected chi connectivity index (χ3v) is 4.76. The van der Waals surface area contributed by atoms with Gasteiger partial charge in [0.05, 0.1) is 30.4 Å². The third kappa shape index (κ3) is 2.45. The van der Waals surface area contributed by atoms with E-state index in [-0.39, 0.29) is 12.0 Å². The Kier molecular flexibility index (Phi) is 3.75. The van der Waals surface area contributed by atoms with Crippen LogP contribution in [0.5, 0.6) is 0 Å². The van der Waals surface area contributed by atoms with Crippen LogP contribution in [-0.2, 0) is 0 Å². The number of nitrogens with zero attached hydrogens (tertiary/aromatic N) is 5. The molecule has 1 radical (unpaired) electrons. The summed E-state index contributed by atoms with van der Waals surface area (Å²) in [6.45, 7) is 5.96. The first-order chi connectivity index (χ1) is 11.8. The molecule has 1 fully saturated rings. The normalized spacial score (nSPS) is 21.8. The Balaban J connectivity index is 1.70. The zero-order valence-corrected chi connectivity index (χ0v) is 13.2. The Bertz CT molecular complexity index is 888. The second-order valence-electron chi connectivity index (χ2n) is 6.18. The number of aromatic amines is 1. The van der Waals surface area contributed by atoms with Crippen molar-refractivity contribution in [2.24, 2.45) is 11.8 Å². The van der Waals surface area contributed by atoms with Crippen molar-refractivity contribution in [2.75, 3.05) is 13.1 Å². The highest BCUT2D eigenvalue weighted by atomic mass is 15.3. The minimum atomic E-state index is 0.0183. The van der Waals surface area contributed by atoms with Gasteiger partial charge in [0.25, 0.3) is 0 Å². The molecule has 0 aromatic carbocycles. The average Bonchev–Trinajstić information content (AvgIpc) is 3.32. The lowest BCUT2D eigenvalue weighted by atomic mass is 9.89. The summed E-state index contributed by atoms with van der Waals surface area (Å²) in [7, 11) is 0. The lowest BCUT2D eigenvalue weighted by molar-refractivity contribution is 0.293. The third-order valence-electron chi connectivity index (χ3n) is 4.76. The Morgan fingerprint density at radius 2 is 2.33 bits per heavy atom. The van der Waals surface area contributed by atoms with Gasteiger partial charge in [0.1, 0.15) is 12.0 Å². The highest BCUT2D eigenvalue weighted by Crippen LogP contribution is 2.32. The lowest BCUT2D eigenvalue weighted by Crippen LogP contribution is -2.25. The van der Waals surface area contributed by atoms with Crippen LogP contribution < -0.4 is 5.32 Å². The van der Waals surface area contributed by atoms with Crippen molar-refractivity contribution in [1.29, 1.82) is 5.26 Å². The number of rotatable bonds is 4. The molecule has 24 heavy (non-hydrogen) atoms. The van der Waals surface area contributed by atoms with E-state index in [1.807, 2.05) is 23.1 Å². The molecule has 3 aromatic heterocycles. The molecule has 1 aliphatic heterocycles. The maximum absolute atomic E-state index is 9.23. The summed E-state index contributed by atoms with van der Waals surface area (Å²) in [5, 5.41) is 18.1. The van der Waals surface area contributed by atoms with Crippen molar-refractivity contribution in [3.63, 3.8) is 0 Å². The van der Waals surface area contributed by atoms with Crippen molar-refractivity contribution in [1.82, 2.24) is 30.0 Å². The summed E-state index contributed by atoms with van der Waals surface area (Å²) >= 11 is 0. The topological polar surface area (TPSA) is 95.2 Å². The Labute approximate surface area is 139 Å². The zero-order chi connectivity index (χ0) is 16.5. The standard InChI is InChI=1S/C17H18N7/c1-11-6-19-8-14(11)15(2-4-18)24-9-12(7-23-24)16-13-3-5-20-17(13)22-10-21-16/h3,5,7,9-11,14-15,19H,1-2,6,8H2,(H,20,21,22). The number of hydrogen-bond donors (Lipinski definition) is 2. The minimum Gasteiger partial charge on any atom is -0.346 e. The molecule has 121 valence electrons. The fourth-order valence-corrected chi connectivity index (χ4v) is 3.48. The molecule has 0 aliphatic carbocycles. The Hall–Kier alpha value is -2.72. The summed E-state index contributed by atoms with van der Waals surface area (Å²) in [4.78, 5) is 11.7. The van der Waals surface area contributed by atoms with E-state index in [0.29, 0.717) is 12.3 Å². The first-order valence-electron chi connectivity index (χ1n) is 8.01. The number of H-pyrrole nitrogens is 1. The van der Waals surface area contributed by atoms with Crippen LogP contribution in [0.2, 0.25) is 0 Å². The minimum absolute atomic E-state index is 0.0183. The predicted octanol–water partition coefficient (Wildman–Crippen LogP) is 1.95. The van der Waals surface area contributed by atoms with Gasteiger partial charge in [-0.1, -0.05) is 0 Å². The molecule has 0 amide bonds. The summed E-state index contributed by atoms with van der Waals surface area (Å²) in [6.07, 6.45) is 7.60. The van der Waals surface area contributed by atoms with Gasteiger partial charge in [-0.15, -0.1) is 0 Å². The van der Waals surface area contributed by atoms with Crippen molar-refractivity contribution in [3.8, 4) is 17.3 Å². The summed E-state index contributed by atoms with van der Waals surface area (Å²) in [5.74, 6) is 0.585. The van der Waals surface area contributed by atoms with Gasteiger partial charge in [0, 0.05) is 29.9 Å². The molecule has 2 N–H and O–H groups in total. The molecule has 1 saturated heterocycles. The Morgan fingerprint density at radius 3 is 3.12 bits per heavy atom. The molecular formula is C17H18N7. The number of nitriles is 1.